The smallest absolute Gasteiger partial charge is 0.136 e. The first-order valence-electron chi connectivity index (χ1n) is 14.4. The van der Waals surface area contributed by atoms with Crippen LogP contribution in [0.15, 0.2) is 138 Å². The van der Waals surface area contributed by atoms with Crippen molar-refractivity contribution in [2.24, 2.45) is 0 Å². The van der Waals surface area contributed by atoms with Crippen molar-refractivity contribution in [3.8, 4) is 22.3 Å². The number of hydrogen-bond acceptors (Lipinski definition) is 2. The summed E-state index contributed by atoms with van der Waals surface area (Å²) in [5.74, 6) is 0. The van der Waals surface area contributed by atoms with Gasteiger partial charge in [0.15, 0.2) is 0 Å². The van der Waals surface area contributed by atoms with Crippen LogP contribution in [0.2, 0.25) is 0 Å². The Labute approximate surface area is 245 Å². The van der Waals surface area contributed by atoms with Gasteiger partial charge in [0.25, 0.3) is 0 Å². The van der Waals surface area contributed by atoms with E-state index < -0.39 is 0 Å². The van der Waals surface area contributed by atoms with Crippen LogP contribution in [0.1, 0.15) is 0 Å². The molecule has 2 aromatic heterocycles. The summed E-state index contributed by atoms with van der Waals surface area (Å²) in [6.45, 7) is 0. The summed E-state index contributed by atoms with van der Waals surface area (Å²) >= 11 is 1.89. The van der Waals surface area contributed by atoms with Crippen LogP contribution in [-0.2, 0) is 0 Å². The first kappa shape index (κ1) is 22.5. The Bertz CT molecular complexity index is 2630. The van der Waals surface area contributed by atoms with Crippen LogP contribution in [-0.4, -0.2) is 0 Å². The number of benzene rings is 8. The van der Waals surface area contributed by atoms with E-state index in [1.165, 1.54) is 74.7 Å². The Morgan fingerprint density at radius 1 is 0.405 bits per heavy atom. The van der Waals surface area contributed by atoms with Crippen molar-refractivity contribution in [1.29, 1.82) is 0 Å². The standard InChI is InChI=1S/C40H22OS/c1-3-13-29-27(11-1)37(24-19-20-26-25-10-5-6-16-33(25)41-34(26)22-24)28-12-2-4-14-30(28)39(29)32-21-23-9-7-17-35-38(23)40-31(32)15-8-18-36(40)42-35/h1-22H. The van der Waals surface area contributed by atoms with Crippen molar-refractivity contribution in [1.82, 2.24) is 0 Å². The molecule has 0 unspecified atom stereocenters. The van der Waals surface area contributed by atoms with E-state index in [2.05, 4.69) is 121 Å². The maximum Gasteiger partial charge on any atom is 0.136 e. The van der Waals surface area contributed by atoms with Gasteiger partial charge in [-0.15, -0.1) is 11.3 Å². The molecule has 0 aliphatic rings. The van der Waals surface area contributed by atoms with Gasteiger partial charge in [-0.2, -0.15) is 0 Å². The lowest BCUT2D eigenvalue weighted by molar-refractivity contribution is 0.669. The molecule has 0 aliphatic heterocycles. The molecule has 10 rings (SSSR count). The van der Waals surface area contributed by atoms with Gasteiger partial charge in [0.05, 0.1) is 0 Å². The second-order valence-corrected chi connectivity index (χ2v) is 12.3. The zero-order chi connectivity index (χ0) is 27.4. The summed E-state index contributed by atoms with van der Waals surface area (Å²) in [5.41, 5.74) is 6.87. The predicted molar refractivity (Wildman–Crippen MR) is 181 cm³/mol. The number of hydrogen-bond donors (Lipinski definition) is 0. The fraction of sp³-hybridized carbons (Fsp3) is 0. The highest BCUT2D eigenvalue weighted by atomic mass is 32.1. The minimum absolute atomic E-state index is 0.922. The molecule has 2 heterocycles. The normalized spacial score (nSPS) is 12.3. The number of para-hydroxylation sites is 1. The monoisotopic (exact) mass is 550 g/mol. The lowest BCUT2D eigenvalue weighted by Crippen LogP contribution is -1.92. The Kier molecular flexibility index (Phi) is 4.39. The molecular formula is C40H22OS. The molecule has 8 aromatic carbocycles. The first-order valence-corrected chi connectivity index (χ1v) is 15.2. The molecule has 0 spiro atoms. The van der Waals surface area contributed by atoms with Crippen LogP contribution in [0, 0.1) is 0 Å². The number of rotatable bonds is 2. The van der Waals surface area contributed by atoms with Gasteiger partial charge in [-0.3, -0.25) is 0 Å². The molecule has 0 N–H and O–H groups in total. The molecule has 10 aromatic rings. The van der Waals surface area contributed by atoms with Gasteiger partial charge in [0.1, 0.15) is 11.2 Å². The van der Waals surface area contributed by atoms with E-state index in [4.69, 9.17) is 4.42 Å². The third-order valence-corrected chi connectivity index (χ3v) is 10.1. The van der Waals surface area contributed by atoms with Crippen LogP contribution in [0.5, 0.6) is 0 Å². The van der Waals surface area contributed by atoms with Crippen molar-refractivity contribution >= 4 is 85.8 Å². The maximum absolute atomic E-state index is 6.33. The highest BCUT2D eigenvalue weighted by Gasteiger charge is 2.21. The molecule has 0 fully saturated rings. The topological polar surface area (TPSA) is 13.1 Å². The van der Waals surface area contributed by atoms with Gasteiger partial charge in [-0.05, 0) is 91.0 Å². The number of furan rings is 1. The van der Waals surface area contributed by atoms with E-state index >= 15 is 0 Å². The molecule has 194 valence electrons. The van der Waals surface area contributed by atoms with E-state index in [1.807, 2.05) is 23.5 Å². The van der Waals surface area contributed by atoms with Crippen molar-refractivity contribution in [2.75, 3.05) is 0 Å². The summed E-state index contributed by atoms with van der Waals surface area (Å²) < 4.78 is 9.04. The Morgan fingerprint density at radius 3 is 1.76 bits per heavy atom. The average Bonchev–Trinajstić information content (AvgIpc) is 3.61. The highest BCUT2D eigenvalue weighted by molar-refractivity contribution is 7.26. The van der Waals surface area contributed by atoms with Gasteiger partial charge in [-0.1, -0.05) is 97.1 Å². The number of thiophene rings is 1. The van der Waals surface area contributed by atoms with Gasteiger partial charge in [0.2, 0.25) is 0 Å². The van der Waals surface area contributed by atoms with Gasteiger partial charge < -0.3 is 4.42 Å². The lowest BCUT2D eigenvalue weighted by Gasteiger charge is -2.19. The third-order valence-electron chi connectivity index (χ3n) is 9.01. The molecule has 0 amide bonds. The molecule has 0 atom stereocenters. The molecule has 0 bridgehead atoms. The molecule has 2 heteroatoms. The van der Waals surface area contributed by atoms with E-state index in [-0.39, 0.29) is 0 Å². The summed E-state index contributed by atoms with van der Waals surface area (Å²) in [5, 5.41) is 12.8. The quantitative estimate of drug-likeness (QED) is 0.154. The molecule has 0 aliphatic carbocycles. The van der Waals surface area contributed by atoms with Crippen molar-refractivity contribution in [3.63, 3.8) is 0 Å². The van der Waals surface area contributed by atoms with E-state index in [9.17, 15) is 0 Å². The van der Waals surface area contributed by atoms with E-state index in [1.54, 1.807) is 0 Å². The molecule has 42 heavy (non-hydrogen) atoms. The molecule has 0 saturated heterocycles. The average molecular weight is 551 g/mol. The first-order chi connectivity index (χ1) is 20.8. The van der Waals surface area contributed by atoms with Crippen LogP contribution in [0.3, 0.4) is 0 Å². The zero-order valence-electron chi connectivity index (χ0n) is 22.5. The summed E-state index contributed by atoms with van der Waals surface area (Å²) in [7, 11) is 0. The number of fused-ring (bicyclic) bond motifs is 5. The Balaban J connectivity index is 1.35. The summed E-state index contributed by atoms with van der Waals surface area (Å²) in [4.78, 5) is 0. The van der Waals surface area contributed by atoms with Gasteiger partial charge in [-0.25, -0.2) is 0 Å². The molecular weight excluding hydrogens is 529 g/mol. The molecule has 1 nitrogen and oxygen atoms in total. The minimum Gasteiger partial charge on any atom is -0.456 e. The van der Waals surface area contributed by atoms with E-state index in [0.29, 0.717) is 0 Å². The predicted octanol–water partition coefficient (Wildman–Crippen LogP) is 12.2. The molecule has 0 radical (unpaired) electrons. The van der Waals surface area contributed by atoms with Crippen molar-refractivity contribution in [2.45, 2.75) is 0 Å². The second kappa shape index (κ2) is 8.19. The highest BCUT2D eigenvalue weighted by Crippen LogP contribution is 2.49. The fourth-order valence-corrected chi connectivity index (χ4v) is 8.46. The second-order valence-electron chi connectivity index (χ2n) is 11.2. The van der Waals surface area contributed by atoms with Gasteiger partial charge in [0, 0.05) is 30.9 Å². The van der Waals surface area contributed by atoms with Crippen LogP contribution in [0.25, 0.3) is 96.7 Å². The largest absolute Gasteiger partial charge is 0.456 e. The van der Waals surface area contributed by atoms with Crippen molar-refractivity contribution in [3.05, 3.63) is 133 Å². The molecule has 0 saturated carbocycles. The Morgan fingerprint density at radius 2 is 1.00 bits per heavy atom. The van der Waals surface area contributed by atoms with Crippen LogP contribution < -0.4 is 0 Å². The summed E-state index contributed by atoms with van der Waals surface area (Å²) in [6.07, 6.45) is 0. The zero-order valence-corrected chi connectivity index (χ0v) is 23.3. The third kappa shape index (κ3) is 2.92. The van der Waals surface area contributed by atoms with Gasteiger partial charge >= 0.3 is 0 Å². The SMILES string of the molecule is c1ccc2c(c1)oc1cc(-c3c4ccccc4c(-c4cc5cccc6sc7cccc4c7c56)c4ccccc34)ccc12. The summed E-state index contributed by atoms with van der Waals surface area (Å²) in [6, 6.07) is 48.8. The minimum atomic E-state index is 0.922. The van der Waals surface area contributed by atoms with Crippen molar-refractivity contribution < 1.29 is 4.42 Å². The van der Waals surface area contributed by atoms with Crippen LogP contribution >= 0.6 is 11.3 Å². The maximum atomic E-state index is 6.33. The Hall–Kier alpha value is -5.18. The fourth-order valence-electron chi connectivity index (χ4n) is 7.29. The lowest BCUT2D eigenvalue weighted by atomic mass is 9.84. The van der Waals surface area contributed by atoms with Crippen LogP contribution in [0.4, 0.5) is 0 Å². The van der Waals surface area contributed by atoms with E-state index in [0.717, 1.165) is 21.9 Å².